The fraction of sp³-hybridized carbons (Fsp3) is 0.0556. The molecule has 1 aliphatic heterocycles. The van der Waals surface area contributed by atoms with E-state index >= 15 is 0 Å². The number of anilines is 1. The first-order valence-electron chi connectivity index (χ1n) is 7.26. The van der Waals surface area contributed by atoms with Gasteiger partial charge >= 0.3 is 0 Å². The Morgan fingerprint density at radius 3 is 2.83 bits per heavy atom. The summed E-state index contributed by atoms with van der Waals surface area (Å²) in [5.74, 6) is 0.714. The van der Waals surface area contributed by atoms with Crippen LogP contribution in [0.5, 0.6) is 11.5 Å². The van der Waals surface area contributed by atoms with Crippen molar-refractivity contribution in [3.8, 4) is 21.9 Å². The van der Waals surface area contributed by atoms with Crippen LogP contribution in [0.25, 0.3) is 10.4 Å². The van der Waals surface area contributed by atoms with Crippen molar-refractivity contribution in [1.29, 1.82) is 0 Å². The minimum Gasteiger partial charge on any atom is -0.454 e. The van der Waals surface area contributed by atoms with Gasteiger partial charge in [-0.25, -0.2) is 0 Å². The van der Waals surface area contributed by atoms with Gasteiger partial charge in [-0.3, -0.25) is 4.79 Å². The van der Waals surface area contributed by atoms with Crippen LogP contribution in [0.1, 0.15) is 10.4 Å². The SMILES string of the molecule is O=C(Nc1ccccc1-c1cccs1)c1cc(Cl)c2c(c1)OCO2. The molecule has 0 saturated carbocycles. The average molecular weight is 358 g/mol. The van der Waals surface area contributed by atoms with E-state index in [1.165, 1.54) is 0 Å². The normalized spacial score (nSPS) is 12.2. The number of rotatable bonds is 3. The van der Waals surface area contributed by atoms with Gasteiger partial charge in [0.1, 0.15) is 0 Å². The zero-order valence-electron chi connectivity index (χ0n) is 12.4. The Hall–Kier alpha value is -2.50. The van der Waals surface area contributed by atoms with Gasteiger partial charge in [0.2, 0.25) is 6.79 Å². The van der Waals surface area contributed by atoms with Gasteiger partial charge in [0.05, 0.1) is 5.02 Å². The van der Waals surface area contributed by atoms with Crippen molar-refractivity contribution in [2.24, 2.45) is 0 Å². The summed E-state index contributed by atoms with van der Waals surface area (Å²) in [5.41, 5.74) is 2.15. The lowest BCUT2D eigenvalue weighted by Crippen LogP contribution is -2.12. The fourth-order valence-corrected chi connectivity index (χ4v) is 3.56. The number of fused-ring (bicyclic) bond motifs is 1. The minimum atomic E-state index is -0.251. The molecule has 2 heterocycles. The summed E-state index contributed by atoms with van der Waals surface area (Å²) in [6, 6.07) is 14.9. The Bertz CT molecular complexity index is 909. The number of amides is 1. The van der Waals surface area contributed by atoms with Gasteiger partial charge in [0.25, 0.3) is 5.91 Å². The average Bonchev–Trinajstić information content (AvgIpc) is 3.27. The monoisotopic (exact) mass is 357 g/mol. The predicted molar refractivity (Wildman–Crippen MR) is 95.3 cm³/mol. The van der Waals surface area contributed by atoms with E-state index < -0.39 is 0 Å². The third-order valence-corrected chi connectivity index (χ3v) is 4.84. The highest BCUT2D eigenvalue weighted by Crippen LogP contribution is 2.40. The molecule has 4 nitrogen and oxygen atoms in total. The van der Waals surface area contributed by atoms with Crippen LogP contribution in [0, 0.1) is 0 Å². The number of hydrogen-bond acceptors (Lipinski definition) is 4. The molecule has 3 aromatic rings. The number of thiophene rings is 1. The molecule has 0 radical (unpaired) electrons. The van der Waals surface area contributed by atoms with E-state index in [9.17, 15) is 4.79 Å². The molecular formula is C18H12ClNO3S. The first-order valence-corrected chi connectivity index (χ1v) is 8.51. The molecule has 24 heavy (non-hydrogen) atoms. The van der Waals surface area contributed by atoms with Crippen molar-refractivity contribution in [2.75, 3.05) is 12.1 Å². The number of carbonyl (C=O) groups is 1. The van der Waals surface area contributed by atoms with Crippen LogP contribution >= 0.6 is 22.9 Å². The molecule has 0 bridgehead atoms. The zero-order valence-corrected chi connectivity index (χ0v) is 14.0. The Morgan fingerprint density at radius 2 is 2.00 bits per heavy atom. The first kappa shape index (κ1) is 15.1. The summed E-state index contributed by atoms with van der Waals surface area (Å²) in [6.07, 6.45) is 0. The van der Waals surface area contributed by atoms with E-state index in [1.807, 2.05) is 41.8 Å². The van der Waals surface area contributed by atoms with E-state index in [2.05, 4.69) is 5.32 Å². The molecule has 1 aromatic heterocycles. The van der Waals surface area contributed by atoms with Crippen LogP contribution in [0.4, 0.5) is 5.69 Å². The van der Waals surface area contributed by atoms with Gasteiger partial charge in [-0.1, -0.05) is 35.9 Å². The van der Waals surface area contributed by atoms with Crippen LogP contribution < -0.4 is 14.8 Å². The minimum absolute atomic E-state index is 0.112. The third-order valence-electron chi connectivity index (χ3n) is 3.65. The molecule has 1 aliphatic rings. The fourth-order valence-electron chi connectivity index (χ4n) is 2.53. The number of halogens is 1. The second-order valence-corrected chi connectivity index (χ2v) is 6.52. The second-order valence-electron chi connectivity index (χ2n) is 5.17. The van der Waals surface area contributed by atoms with Crippen molar-refractivity contribution in [1.82, 2.24) is 0 Å². The first-order chi connectivity index (χ1) is 11.7. The van der Waals surface area contributed by atoms with Crippen LogP contribution in [0.15, 0.2) is 53.9 Å². The maximum atomic E-state index is 12.6. The molecule has 0 saturated heterocycles. The second kappa shape index (κ2) is 6.19. The van der Waals surface area contributed by atoms with Crippen LogP contribution in [0.2, 0.25) is 5.02 Å². The van der Waals surface area contributed by atoms with Crippen molar-refractivity contribution < 1.29 is 14.3 Å². The van der Waals surface area contributed by atoms with Crippen molar-refractivity contribution in [3.63, 3.8) is 0 Å². The smallest absolute Gasteiger partial charge is 0.255 e. The maximum absolute atomic E-state index is 12.6. The molecule has 0 spiro atoms. The summed E-state index contributed by atoms with van der Waals surface area (Å²) in [5, 5.41) is 5.31. The number of ether oxygens (including phenoxy) is 2. The highest BCUT2D eigenvalue weighted by molar-refractivity contribution is 7.13. The highest BCUT2D eigenvalue weighted by Gasteiger charge is 2.21. The topological polar surface area (TPSA) is 47.6 Å². The van der Waals surface area contributed by atoms with Gasteiger partial charge in [-0.05, 0) is 29.6 Å². The summed E-state index contributed by atoms with van der Waals surface area (Å²) in [4.78, 5) is 13.7. The van der Waals surface area contributed by atoms with Crippen molar-refractivity contribution in [2.45, 2.75) is 0 Å². The third kappa shape index (κ3) is 2.72. The molecule has 6 heteroatoms. The molecule has 0 aliphatic carbocycles. The van der Waals surface area contributed by atoms with Gasteiger partial charge in [0.15, 0.2) is 11.5 Å². The molecule has 0 atom stereocenters. The molecule has 1 N–H and O–H groups in total. The maximum Gasteiger partial charge on any atom is 0.255 e. The summed E-state index contributed by atoms with van der Waals surface area (Å²) >= 11 is 7.77. The van der Waals surface area contributed by atoms with E-state index in [4.69, 9.17) is 21.1 Å². The molecule has 1 amide bonds. The summed E-state index contributed by atoms with van der Waals surface area (Å²) in [7, 11) is 0. The largest absolute Gasteiger partial charge is 0.454 e. The molecule has 120 valence electrons. The Kier molecular flexibility index (Phi) is 3.88. The van der Waals surface area contributed by atoms with Gasteiger partial charge in [-0.15, -0.1) is 11.3 Å². The molecular weight excluding hydrogens is 346 g/mol. The predicted octanol–water partition coefficient (Wildman–Crippen LogP) is 5.05. The Morgan fingerprint density at radius 1 is 1.12 bits per heavy atom. The van der Waals surface area contributed by atoms with Crippen LogP contribution in [-0.4, -0.2) is 12.7 Å². The highest BCUT2D eigenvalue weighted by atomic mass is 35.5. The number of hydrogen-bond donors (Lipinski definition) is 1. The van der Waals surface area contributed by atoms with Gasteiger partial charge < -0.3 is 14.8 Å². The number of para-hydroxylation sites is 1. The van der Waals surface area contributed by atoms with Gasteiger partial charge in [0, 0.05) is 21.7 Å². The lowest BCUT2D eigenvalue weighted by Gasteiger charge is -2.11. The zero-order chi connectivity index (χ0) is 16.5. The van der Waals surface area contributed by atoms with E-state index in [-0.39, 0.29) is 12.7 Å². The molecule has 4 rings (SSSR count). The van der Waals surface area contributed by atoms with Crippen molar-refractivity contribution in [3.05, 3.63) is 64.5 Å². The standard InChI is InChI=1S/C18H12ClNO3S/c19-13-8-11(9-15-17(13)23-10-22-15)18(21)20-14-5-2-1-4-12(14)16-6-3-7-24-16/h1-9H,10H2,(H,20,21). The Labute approximate surface area is 147 Å². The quantitative estimate of drug-likeness (QED) is 0.713. The van der Waals surface area contributed by atoms with Crippen LogP contribution in [-0.2, 0) is 0 Å². The van der Waals surface area contributed by atoms with Crippen LogP contribution in [0.3, 0.4) is 0 Å². The van der Waals surface area contributed by atoms with E-state index in [1.54, 1.807) is 23.5 Å². The molecule has 2 aromatic carbocycles. The lowest BCUT2D eigenvalue weighted by atomic mass is 10.1. The summed E-state index contributed by atoms with van der Waals surface area (Å²) < 4.78 is 10.6. The Balaban J connectivity index is 1.65. The number of nitrogens with one attached hydrogen (secondary N) is 1. The van der Waals surface area contributed by atoms with Gasteiger partial charge in [-0.2, -0.15) is 0 Å². The molecule has 0 fully saturated rings. The summed E-state index contributed by atoms with van der Waals surface area (Å²) in [6.45, 7) is 0.112. The van der Waals surface area contributed by atoms with E-state index in [0.717, 1.165) is 16.1 Å². The van der Waals surface area contributed by atoms with Crippen molar-refractivity contribution >= 4 is 34.5 Å². The number of benzene rings is 2. The molecule has 0 unspecified atom stereocenters. The number of carbonyl (C=O) groups excluding carboxylic acids is 1. The lowest BCUT2D eigenvalue weighted by molar-refractivity contribution is 0.102. The van der Waals surface area contributed by atoms with E-state index in [0.29, 0.717) is 22.1 Å².